The van der Waals surface area contributed by atoms with E-state index in [9.17, 15) is 4.79 Å². The topological polar surface area (TPSA) is 55.1 Å². The quantitative estimate of drug-likeness (QED) is 0.907. The standard InChI is InChI=1S/C14H12Cl2N2O/c15-12-6-5-10(7-13(12)16)18-14(19)11-4-2-1-3-9(11)8-17/h1-7H,8,17H2,(H,18,19). The number of hydrogen-bond acceptors (Lipinski definition) is 2. The van der Waals surface area contributed by atoms with Crippen LogP contribution in [0, 0.1) is 0 Å². The van der Waals surface area contributed by atoms with E-state index >= 15 is 0 Å². The number of amides is 1. The molecule has 0 spiro atoms. The molecule has 0 unspecified atom stereocenters. The Bertz CT molecular complexity index is 614. The molecule has 2 aromatic rings. The van der Waals surface area contributed by atoms with Crippen LogP contribution in [0.2, 0.25) is 10.0 Å². The van der Waals surface area contributed by atoms with Crippen LogP contribution in [0.3, 0.4) is 0 Å². The van der Waals surface area contributed by atoms with Crippen molar-refractivity contribution < 1.29 is 4.79 Å². The molecule has 5 heteroatoms. The monoisotopic (exact) mass is 294 g/mol. The van der Waals surface area contributed by atoms with Gasteiger partial charge in [0.1, 0.15) is 0 Å². The molecule has 19 heavy (non-hydrogen) atoms. The molecule has 2 rings (SSSR count). The van der Waals surface area contributed by atoms with Crippen molar-refractivity contribution in [3.05, 3.63) is 63.6 Å². The van der Waals surface area contributed by atoms with Crippen LogP contribution in [-0.4, -0.2) is 5.91 Å². The van der Waals surface area contributed by atoms with Crippen LogP contribution in [0.4, 0.5) is 5.69 Å². The van der Waals surface area contributed by atoms with Gasteiger partial charge in [0.2, 0.25) is 0 Å². The largest absolute Gasteiger partial charge is 0.326 e. The first kappa shape index (κ1) is 13.9. The molecular formula is C14H12Cl2N2O. The molecule has 0 aliphatic carbocycles. The highest BCUT2D eigenvalue weighted by atomic mass is 35.5. The summed E-state index contributed by atoms with van der Waals surface area (Å²) in [6, 6.07) is 12.1. The van der Waals surface area contributed by atoms with Gasteiger partial charge in [-0.3, -0.25) is 4.79 Å². The number of hydrogen-bond donors (Lipinski definition) is 2. The van der Waals surface area contributed by atoms with E-state index < -0.39 is 0 Å². The Morgan fingerprint density at radius 1 is 1.11 bits per heavy atom. The number of carbonyl (C=O) groups is 1. The maximum atomic E-state index is 12.1. The first-order valence-electron chi connectivity index (χ1n) is 5.66. The number of benzene rings is 2. The summed E-state index contributed by atoms with van der Waals surface area (Å²) in [7, 11) is 0. The highest BCUT2D eigenvalue weighted by molar-refractivity contribution is 6.42. The van der Waals surface area contributed by atoms with Crippen LogP contribution in [0.1, 0.15) is 15.9 Å². The van der Waals surface area contributed by atoms with Crippen molar-refractivity contribution in [2.24, 2.45) is 5.73 Å². The molecule has 0 aliphatic rings. The molecule has 98 valence electrons. The van der Waals surface area contributed by atoms with Crippen molar-refractivity contribution in [1.82, 2.24) is 0 Å². The zero-order valence-electron chi connectivity index (χ0n) is 9.99. The van der Waals surface area contributed by atoms with Gasteiger partial charge in [-0.15, -0.1) is 0 Å². The number of nitrogens with one attached hydrogen (secondary N) is 1. The number of nitrogens with two attached hydrogens (primary N) is 1. The molecule has 0 aliphatic heterocycles. The fraction of sp³-hybridized carbons (Fsp3) is 0.0714. The van der Waals surface area contributed by atoms with E-state index in [-0.39, 0.29) is 5.91 Å². The van der Waals surface area contributed by atoms with Gasteiger partial charge >= 0.3 is 0 Å². The highest BCUT2D eigenvalue weighted by Crippen LogP contribution is 2.25. The lowest BCUT2D eigenvalue weighted by atomic mass is 10.1. The van der Waals surface area contributed by atoms with E-state index in [0.29, 0.717) is 27.8 Å². The van der Waals surface area contributed by atoms with Crippen LogP contribution in [0.25, 0.3) is 0 Å². The Labute approximate surface area is 121 Å². The van der Waals surface area contributed by atoms with Crippen LogP contribution in [0.5, 0.6) is 0 Å². The predicted molar refractivity (Wildman–Crippen MR) is 78.7 cm³/mol. The summed E-state index contributed by atoms with van der Waals surface area (Å²) in [4.78, 5) is 12.1. The van der Waals surface area contributed by atoms with Crippen LogP contribution in [0.15, 0.2) is 42.5 Å². The number of carbonyl (C=O) groups excluding carboxylic acids is 1. The van der Waals surface area contributed by atoms with E-state index in [1.807, 2.05) is 12.1 Å². The molecule has 0 saturated heterocycles. The van der Waals surface area contributed by atoms with Gasteiger partial charge < -0.3 is 11.1 Å². The zero-order chi connectivity index (χ0) is 13.8. The molecule has 2 aromatic carbocycles. The van der Waals surface area contributed by atoms with Crippen molar-refractivity contribution in [2.45, 2.75) is 6.54 Å². The summed E-state index contributed by atoms with van der Waals surface area (Å²) in [5.41, 5.74) is 7.54. The van der Waals surface area contributed by atoms with Gasteiger partial charge in [0.25, 0.3) is 5.91 Å². The average molecular weight is 295 g/mol. The van der Waals surface area contributed by atoms with Crippen LogP contribution in [-0.2, 0) is 6.54 Å². The molecule has 3 N–H and O–H groups in total. The first-order chi connectivity index (χ1) is 9.11. The van der Waals surface area contributed by atoms with Gasteiger partial charge in [-0.25, -0.2) is 0 Å². The second-order valence-corrected chi connectivity index (χ2v) is 4.76. The van der Waals surface area contributed by atoms with Crippen LogP contribution < -0.4 is 11.1 Å². The van der Waals surface area contributed by atoms with Crippen molar-refractivity contribution in [1.29, 1.82) is 0 Å². The Hall–Kier alpha value is -1.55. The summed E-state index contributed by atoms with van der Waals surface area (Å²) in [5.74, 6) is -0.223. The third kappa shape index (κ3) is 3.26. The van der Waals surface area contributed by atoms with E-state index in [4.69, 9.17) is 28.9 Å². The van der Waals surface area contributed by atoms with Gasteiger partial charge in [0, 0.05) is 17.8 Å². The molecule has 0 heterocycles. The molecule has 0 fully saturated rings. The minimum absolute atomic E-state index is 0.223. The van der Waals surface area contributed by atoms with Gasteiger partial charge in [0.05, 0.1) is 10.0 Å². The third-order valence-electron chi connectivity index (χ3n) is 2.66. The molecule has 0 radical (unpaired) electrons. The maximum Gasteiger partial charge on any atom is 0.255 e. The molecule has 3 nitrogen and oxygen atoms in total. The fourth-order valence-corrected chi connectivity index (χ4v) is 1.99. The molecule has 1 amide bonds. The van der Waals surface area contributed by atoms with Crippen molar-refractivity contribution in [3.63, 3.8) is 0 Å². The summed E-state index contributed by atoms with van der Waals surface area (Å²) in [6.45, 7) is 0.310. The van der Waals surface area contributed by atoms with Crippen molar-refractivity contribution >= 4 is 34.8 Å². The van der Waals surface area contributed by atoms with Crippen molar-refractivity contribution in [3.8, 4) is 0 Å². The van der Waals surface area contributed by atoms with Gasteiger partial charge in [-0.1, -0.05) is 41.4 Å². The molecule has 0 saturated carbocycles. The van der Waals surface area contributed by atoms with Gasteiger partial charge in [-0.2, -0.15) is 0 Å². The summed E-state index contributed by atoms with van der Waals surface area (Å²) in [5, 5.41) is 3.60. The van der Waals surface area contributed by atoms with Gasteiger partial charge in [-0.05, 0) is 29.8 Å². The normalized spacial score (nSPS) is 10.3. The smallest absolute Gasteiger partial charge is 0.255 e. The van der Waals surface area contributed by atoms with E-state index in [0.717, 1.165) is 5.56 Å². The minimum Gasteiger partial charge on any atom is -0.326 e. The molecule has 0 bridgehead atoms. The Balaban J connectivity index is 2.23. The number of anilines is 1. The fourth-order valence-electron chi connectivity index (χ4n) is 1.69. The highest BCUT2D eigenvalue weighted by Gasteiger charge is 2.10. The van der Waals surface area contributed by atoms with Gasteiger partial charge in [0.15, 0.2) is 0 Å². The molecule has 0 aromatic heterocycles. The first-order valence-corrected chi connectivity index (χ1v) is 6.42. The lowest BCUT2D eigenvalue weighted by Gasteiger charge is -2.09. The number of rotatable bonds is 3. The average Bonchev–Trinajstić information content (AvgIpc) is 2.43. The van der Waals surface area contributed by atoms with E-state index in [2.05, 4.69) is 5.32 Å². The lowest BCUT2D eigenvalue weighted by Crippen LogP contribution is -2.15. The summed E-state index contributed by atoms with van der Waals surface area (Å²) >= 11 is 11.7. The molecule has 0 atom stereocenters. The summed E-state index contributed by atoms with van der Waals surface area (Å²) in [6.07, 6.45) is 0. The zero-order valence-corrected chi connectivity index (χ0v) is 11.5. The van der Waals surface area contributed by atoms with E-state index in [1.165, 1.54) is 0 Å². The predicted octanol–water partition coefficient (Wildman–Crippen LogP) is 3.70. The molecular weight excluding hydrogens is 283 g/mol. The van der Waals surface area contributed by atoms with E-state index in [1.54, 1.807) is 30.3 Å². The minimum atomic E-state index is -0.223. The summed E-state index contributed by atoms with van der Waals surface area (Å²) < 4.78 is 0. The van der Waals surface area contributed by atoms with Crippen molar-refractivity contribution in [2.75, 3.05) is 5.32 Å². The maximum absolute atomic E-state index is 12.1. The lowest BCUT2D eigenvalue weighted by molar-refractivity contribution is 0.102. The number of halogens is 2. The van der Waals surface area contributed by atoms with Crippen LogP contribution >= 0.6 is 23.2 Å². The Morgan fingerprint density at radius 2 is 1.84 bits per heavy atom. The second kappa shape index (κ2) is 6.06. The second-order valence-electron chi connectivity index (χ2n) is 3.94. The Kier molecular flexibility index (Phi) is 4.43. The Morgan fingerprint density at radius 3 is 2.53 bits per heavy atom. The SMILES string of the molecule is NCc1ccccc1C(=O)Nc1ccc(Cl)c(Cl)c1. The third-order valence-corrected chi connectivity index (χ3v) is 3.40.